The number of ketones is 1. The molecule has 0 amide bonds. The maximum atomic E-state index is 12.2. The molecule has 0 aliphatic heterocycles. The van der Waals surface area contributed by atoms with Gasteiger partial charge >= 0.3 is 5.97 Å². The molecule has 0 bridgehead atoms. The van der Waals surface area contributed by atoms with Crippen LogP contribution in [0.25, 0.3) is 0 Å². The van der Waals surface area contributed by atoms with Crippen LogP contribution in [0.1, 0.15) is 37.6 Å². The smallest absolute Gasteiger partial charge is 0.310 e. The van der Waals surface area contributed by atoms with Gasteiger partial charge in [-0.1, -0.05) is 23.2 Å². The normalized spacial score (nSPS) is 21.4. The van der Waals surface area contributed by atoms with Crippen molar-refractivity contribution in [1.82, 2.24) is 0 Å². The zero-order valence-corrected chi connectivity index (χ0v) is 13.1. The van der Waals surface area contributed by atoms with Crippen LogP contribution >= 0.6 is 23.2 Å². The minimum absolute atomic E-state index is 0.0839. The molecule has 1 aliphatic rings. The molecule has 0 N–H and O–H groups in total. The van der Waals surface area contributed by atoms with Gasteiger partial charge in [0.15, 0.2) is 5.78 Å². The Labute approximate surface area is 128 Å². The lowest BCUT2D eigenvalue weighted by atomic mass is 10.1. The minimum Gasteiger partial charge on any atom is -0.460 e. The standard InChI is InChI=1S/C15H16Cl2O3/c1-15(2,3)20-14(19)10-7-9(10)13(18)8-4-5-11(16)12(17)6-8/h4-6,9-10H,7H2,1-3H3/t9-,10-/m1/s1. The molecule has 1 aliphatic carbocycles. The van der Waals surface area contributed by atoms with E-state index in [1.165, 1.54) is 6.07 Å². The summed E-state index contributed by atoms with van der Waals surface area (Å²) in [4.78, 5) is 24.1. The Morgan fingerprint density at radius 2 is 1.80 bits per heavy atom. The second-order valence-corrected chi connectivity index (χ2v) is 6.79. The second-order valence-electron chi connectivity index (χ2n) is 5.98. The molecule has 2 atom stereocenters. The van der Waals surface area contributed by atoms with Crippen LogP contribution in [0.5, 0.6) is 0 Å². The highest BCUT2D eigenvalue weighted by Crippen LogP contribution is 2.43. The van der Waals surface area contributed by atoms with Gasteiger partial charge < -0.3 is 4.74 Å². The van der Waals surface area contributed by atoms with Crippen LogP contribution in [0.3, 0.4) is 0 Å². The van der Waals surface area contributed by atoms with Crippen molar-refractivity contribution in [3.05, 3.63) is 33.8 Å². The van der Waals surface area contributed by atoms with E-state index in [4.69, 9.17) is 27.9 Å². The lowest BCUT2D eigenvalue weighted by molar-refractivity contribution is -0.156. The van der Waals surface area contributed by atoms with E-state index in [1.807, 2.05) is 20.8 Å². The maximum Gasteiger partial charge on any atom is 0.310 e. The molecule has 2 rings (SSSR count). The molecule has 5 heteroatoms. The summed E-state index contributed by atoms with van der Waals surface area (Å²) in [6, 6.07) is 4.75. The molecule has 0 spiro atoms. The zero-order valence-electron chi connectivity index (χ0n) is 11.6. The predicted molar refractivity (Wildman–Crippen MR) is 78.2 cm³/mol. The van der Waals surface area contributed by atoms with Crippen LogP contribution in [0.2, 0.25) is 10.0 Å². The predicted octanol–water partition coefficient (Wildman–Crippen LogP) is 4.15. The number of carbonyl (C=O) groups excluding carboxylic acids is 2. The van der Waals surface area contributed by atoms with Crippen molar-refractivity contribution in [2.75, 3.05) is 0 Å². The van der Waals surface area contributed by atoms with Gasteiger partial charge in [-0.15, -0.1) is 0 Å². The maximum absolute atomic E-state index is 12.2. The first-order chi connectivity index (χ1) is 9.19. The van der Waals surface area contributed by atoms with E-state index in [9.17, 15) is 9.59 Å². The first kappa shape index (κ1) is 15.3. The van der Waals surface area contributed by atoms with Crippen LogP contribution in [0.4, 0.5) is 0 Å². The van der Waals surface area contributed by atoms with E-state index >= 15 is 0 Å². The summed E-state index contributed by atoms with van der Waals surface area (Å²) in [5.74, 6) is -1.03. The summed E-state index contributed by atoms with van der Waals surface area (Å²) in [6.45, 7) is 5.43. The number of rotatable bonds is 3. The molecule has 0 saturated heterocycles. The average Bonchev–Trinajstić information content (AvgIpc) is 3.09. The van der Waals surface area contributed by atoms with Crippen molar-refractivity contribution in [3.63, 3.8) is 0 Å². The number of esters is 1. The molecular formula is C15H16Cl2O3. The number of hydrogen-bond acceptors (Lipinski definition) is 3. The number of Topliss-reactive ketones (excluding diaryl/α,β-unsaturated/α-hetero) is 1. The molecule has 1 fully saturated rings. The van der Waals surface area contributed by atoms with Crippen molar-refractivity contribution < 1.29 is 14.3 Å². The van der Waals surface area contributed by atoms with Gasteiger partial charge in [0.1, 0.15) is 5.60 Å². The monoisotopic (exact) mass is 314 g/mol. The number of carbonyl (C=O) groups is 2. The Morgan fingerprint density at radius 1 is 1.15 bits per heavy atom. The van der Waals surface area contributed by atoms with E-state index in [-0.39, 0.29) is 23.6 Å². The van der Waals surface area contributed by atoms with Gasteiger partial charge in [-0.05, 0) is 45.4 Å². The first-order valence-corrected chi connectivity index (χ1v) is 7.17. The topological polar surface area (TPSA) is 43.4 Å². The lowest BCUT2D eigenvalue weighted by Crippen LogP contribution is -2.25. The number of benzene rings is 1. The molecule has 3 nitrogen and oxygen atoms in total. The van der Waals surface area contributed by atoms with Gasteiger partial charge in [0.25, 0.3) is 0 Å². The summed E-state index contributed by atoms with van der Waals surface area (Å²) in [5.41, 5.74) is -0.0490. The van der Waals surface area contributed by atoms with Gasteiger partial charge in [0.05, 0.1) is 16.0 Å². The molecular weight excluding hydrogens is 299 g/mol. The summed E-state index contributed by atoms with van der Waals surface area (Å²) in [5, 5.41) is 0.745. The third kappa shape index (κ3) is 3.53. The molecule has 1 saturated carbocycles. The molecule has 0 aromatic heterocycles. The van der Waals surface area contributed by atoms with Crippen LogP contribution in [0.15, 0.2) is 18.2 Å². The van der Waals surface area contributed by atoms with Crippen LogP contribution in [-0.4, -0.2) is 17.4 Å². The van der Waals surface area contributed by atoms with E-state index in [0.717, 1.165) is 0 Å². The highest BCUT2D eigenvalue weighted by Gasteiger charge is 2.49. The minimum atomic E-state index is -0.531. The molecule has 0 heterocycles. The van der Waals surface area contributed by atoms with Crippen molar-refractivity contribution in [2.45, 2.75) is 32.8 Å². The highest BCUT2D eigenvalue weighted by atomic mass is 35.5. The van der Waals surface area contributed by atoms with Crippen molar-refractivity contribution in [2.24, 2.45) is 11.8 Å². The van der Waals surface area contributed by atoms with Crippen LogP contribution < -0.4 is 0 Å². The number of halogens is 2. The average molecular weight is 315 g/mol. The first-order valence-electron chi connectivity index (χ1n) is 6.41. The van der Waals surface area contributed by atoms with Crippen molar-refractivity contribution >= 4 is 35.0 Å². The van der Waals surface area contributed by atoms with E-state index < -0.39 is 5.60 Å². The molecule has 1 aromatic rings. The van der Waals surface area contributed by atoms with Gasteiger partial charge in [0, 0.05) is 11.5 Å². The zero-order chi connectivity index (χ0) is 15.1. The quantitative estimate of drug-likeness (QED) is 0.621. The molecule has 0 unspecified atom stereocenters. The Balaban J connectivity index is 2.02. The number of ether oxygens (including phenoxy) is 1. The lowest BCUT2D eigenvalue weighted by Gasteiger charge is -2.19. The van der Waals surface area contributed by atoms with Crippen molar-refractivity contribution in [3.8, 4) is 0 Å². The molecule has 1 aromatic carbocycles. The van der Waals surface area contributed by atoms with Gasteiger partial charge in [-0.2, -0.15) is 0 Å². The molecule has 108 valence electrons. The Morgan fingerprint density at radius 3 is 2.35 bits per heavy atom. The third-order valence-electron chi connectivity index (χ3n) is 3.04. The van der Waals surface area contributed by atoms with Crippen LogP contribution in [0, 0.1) is 11.8 Å². The van der Waals surface area contributed by atoms with Gasteiger partial charge in [0.2, 0.25) is 0 Å². The summed E-state index contributed by atoms with van der Waals surface area (Å²) in [7, 11) is 0. The fraction of sp³-hybridized carbons (Fsp3) is 0.467. The fourth-order valence-electron chi connectivity index (χ4n) is 1.99. The van der Waals surface area contributed by atoms with Crippen molar-refractivity contribution in [1.29, 1.82) is 0 Å². The Bertz CT molecular complexity index is 561. The third-order valence-corrected chi connectivity index (χ3v) is 3.78. The number of hydrogen-bond donors (Lipinski definition) is 0. The molecule has 20 heavy (non-hydrogen) atoms. The van der Waals surface area contributed by atoms with Gasteiger partial charge in [-0.3, -0.25) is 9.59 Å². The van der Waals surface area contributed by atoms with E-state index in [2.05, 4.69) is 0 Å². The SMILES string of the molecule is CC(C)(C)OC(=O)[C@@H]1C[C@H]1C(=O)c1ccc(Cl)c(Cl)c1. The van der Waals surface area contributed by atoms with E-state index in [0.29, 0.717) is 22.0 Å². The van der Waals surface area contributed by atoms with Gasteiger partial charge in [-0.25, -0.2) is 0 Å². The largest absolute Gasteiger partial charge is 0.460 e. The van der Waals surface area contributed by atoms with E-state index in [1.54, 1.807) is 12.1 Å². The Hall–Kier alpha value is -1.06. The van der Waals surface area contributed by atoms with Crippen LogP contribution in [-0.2, 0) is 9.53 Å². The highest BCUT2D eigenvalue weighted by molar-refractivity contribution is 6.42. The summed E-state index contributed by atoms with van der Waals surface area (Å²) < 4.78 is 5.28. The summed E-state index contributed by atoms with van der Waals surface area (Å²) in [6.07, 6.45) is 0.536. The summed E-state index contributed by atoms with van der Waals surface area (Å²) >= 11 is 11.7. The fourth-order valence-corrected chi connectivity index (χ4v) is 2.28. The second kappa shape index (κ2) is 5.38. The Kier molecular flexibility index (Phi) is 4.12. The molecule has 0 radical (unpaired) electrons.